The number of imidazole rings is 1. The van der Waals surface area contributed by atoms with Crippen molar-refractivity contribution in [1.29, 1.82) is 0 Å². The molecular formula is C27H31N5O3. The minimum Gasteiger partial charge on any atom is -0.444 e. The molecule has 0 unspecified atom stereocenters. The number of H-pyrrole nitrogens is 1. The Morgan fingerprint density at radius 2 is 1.77 bits per heavy atom. The summed E-state index contributed by atoms with van der Waals surface area (Å²) >= 11 is 0. The summed E-state index contributed by atoms with van der Waals surface area (Å²) < 4.78 is 5.51. The summed E-state index contributed by atoms with van der Waals surface area (Å²) in [6.07, 6.45) is 4.66. The molecule has 2 aliphatic rings. The van der Waals surface area contributed by atoms with E-state index in [1.54, 1.807) is 17.3 Å². The zero-order valence-electron chi connectivity index (χ0n) is 20.5. The number of nitrogens with zero attached hydrogens (tertiary/aromatic N) is 4. The summed E-state index contributed by atoms with van der Waals surface area (Å²) in [6.45, 7) is 9.06. The van der Waals surface area contributed by atoms with Crippen molar-refractivity contribution in [3.63, 3.8) is 0 Å². The number of ketones is 1. The van der Waals surface area contributed by atoms with Crippen LogP contribution >= 0.6 is 0 Å². The summed E-state index contributed by atoms with van der Waals surface area (Å²) in [7, 11) is 0. The second-order valence-corrected chi connectivity index (χ2v) is 10.2. The lowest BCUT2D eigenvalue weighted by Gasteiger charge is -2.35. The molecule has 8 nitrogen and oxygen atoms in total. The van der Waals surface area contributed by atoms with Gasteiger partial charge in [-0.1, -0.05) is 12.1 Å². The molecule has 1 saturated heterocycles. The molecule has 1 N–H and O–H groups in total. The maximum absolute atomic E-state index is 12.4. The average Bonchev–Trinajstić information content (AvgIpc) is 3.42. The van der Waals surface area contributed by atoms with Crippen LogP contribution in [0.5, 0.6) is 0 Å². The number of aryl methyl sites for hydroxylation is 1. The predicted octanol–water partition coefficient (Wildman–Crippen LogP) is 4.32. The number of benzene rings is 1. The standard InChI is InChI=1S/C27H31N5O3/c1-27(2,3)35-26(34)32-14-12-31(13-15-32)17-23-29-24(18-8-10-28-11-9-18)25(30-23)20-4-6-21-19(16-20)5-7-22(21)33/h4,6,8-11,16H,5,7,12-15,17H2,1-3H3,(H,29,30). The fourth-order valence-corrected chi connectivity index (χ4v) is 4.66. The molecule has 1 fully saturated rings. The van der Waals surface area contributed by atoms with E-state index in [0.717, 1.165) is 59.0 Å². The largest absolute Gasteiger partial charge is 0.444 e. The number of carbonyl (C=O) groups excluding carboxylic acids is 2. The lowest BCUT2D eigenvalue weighted by atomic mass is 10.0. The first-order chi connectivity index (χ1) is 16.8. The fraction of sp³-hybridized carbons (Fsp3) is 0.407. The van der Waals surface area contributed by atoms with Gasteiger partial charge in [-0.05, 0) is 51.0 Å². The number of aromatic amines is 1. The summed E-state index contributed by atoms with van der Waals surface area (Å²) in [5, 5.41) is 0. The van der Waals surface area contributed by atoms with Crippen LogP contribution in [0.2, 0.25) is 0 Å². The third kappa shape index (κ3) is 5.12. The van der Waals surface area contributed by atoms with E-state index in [1.165, 1.54) is 0 Å². The van der Waals surface area contributed by atoms with Crippen LogP contribution in [-0.2, 0) is 17.7 Å². The molecule has 0 bridgehead atoms. The van der Waals surface area contributed by atoms with Gasteiger partial charge in [0, 0.05) is 61.7 Å². The summed E-state index contributed by atoms with van der Waals surface area (Å²) in [4.78, 5) is 41.2. The average molecular weight is 474 g/mol. The molecule has 0 saturated carbocycles. The Hall–Kier alpha value is -3.52. The Morgan fingerprint density at radius 1 is 1.03 bits per heavy atom. The van der Waals surface area contributed by atoms with E-state index in [4.69, 9.17) is 9.72 Å². The maximum atomic E-state index is 12.4. The van der Waals surface area contributed by atoms with Crippen molar-refractivity contribution in [2.24, 2.45) is 0 Å². The van der Waals surface area contributed by atoms with Gasteiger partial charge in [0.15, 0.2) is 5.78 Å². The molecule has 0 atom stereocenters. The molecule has 1 amide bonds. The monoisotopic (exact) mass is 473 g/mol. The van der Waals surface area contributed by atoms with E-state index in [9.17, 15) is 9.59 Å². The van der Waals surface area contributed by atoms with Gasteiger partial charge in [0.2, 0.25) is 0 Å². The second kappa shape index (κ2) is 9.26. The van der Waals surface area contributed by atoms with Crippen molar-refractivity contribution in [1.82, 2.24) is 24.8 Å². The Kier molecular flexibility index (Phi) is 6.15. The van der Waals surface area contributed by atoms with Crippen LogP contribution in [-0.4, -0.2) is 68.4 Å². The molecule has 182 valence electrons. The normalized spacial score (nSPS) is 16.4. The third-order valence-corrected chi connectivity index (χ3v) is 6.42. The highest BCUT2D eigenvalue weighted by molar-refractivity contribution is 6.01. The van der Waals surface area contributed by atoms with Crippen molar-refractivity contribution in [3.05, 3.63) is 59.7 Å². The number of Topliss-reactive ketones (excluding diaryl/α,β-unsaturated/α-hetero) is 1. The van der Waals surface area contributed by atoms with E-state index in [0.29, 0.717) is 26.1 Å². The summed E-state index contributed by atoms with van der Waals surface area (Å²) in [5.41, 5.74) is 5.27. The number of nitrogens with one attached hydrogen (secondary N) is 1. The van der Waals surface area contributed by atoms with Gasteiger partial charge in [0.25, 0.3) is 0 Å². The summed E-state index contributed by atoms with van der Waals surface area (Å²) in [6, 6.07) is 9.96. The molecule has 3 heterocycles. The van der Waals surface area contributed by atoms with Crippen LogP contribution in [0.25, 0.3) is 22.5 Å². The fourth-order valence-electron chi connectivity index (χ4n) is 4.66. The number of rotatable bonds is 4. The Labute approximate surface area is 205 Å². The highest BCUT2D eigenvalue weighted by Gasteiger charge is 2.27. The van der Waals surface area contributed by atoms with Crippen molar-refractivity contribution >= 4 is 11.9 Å². The maximum Gasteiger partial charge on any atom is 0.410 e. The number of aromatic nitrogens is 3. The van der Waals surface area contributed by atoms with Crippen molar-refractivity contribution in [2.45, 2.75) is 45.8 Å². The highest BCUT2D eigenvalue weighted by atomic mass is 16.6. The number of hydrogen-bond acceptors (Lipinski definition) is 6. The van der Waals surface area contributed by atoms with E-state index in [1.807, 2.05) is 45.0 Å². The molecule has 3 aromatic rings. The summed E-state index contributed by atoms with van der Waals surface area (Å²) in [5.74, 6) is 1.09. The van der Waals surface area contributed by atoms with Gasteiger partial charge in [-0.3, -0.25) is 14.7 Å². The SMILES string of the molecule is CC(C)(C)OC(=O)N1CCN(Cc2nc(-c3ccc4c(c3)CCC4=O)c(-c3ccncc3)[nH]2)CC1. The molecule has 8 heteroatoms. The minimum absolute atomic E-state index is 0.217. The molecule has 35 heavy (non-hydrogen) atoms. The molecule has 1 aromatic carbocycles. The van der Waals surface area contributed by atoms with Gasteiger partial charge in [-0.2, -0.15) is 0 Å². The van der Waals surface area contributed by atoms with E-state index < -0.39 is 5.60 Å². The smallest absolute Gasteiger partial charge is 0.410 e. The molecule has 0 radical (unpaired) electrons. The number of hydrogen-bond donors (Lipinski definition) is 1. The molecular weight excluding hydrogens is 442 g/mol. The van der Waals surface area contributed by atoms with Crippen LogP contribution in [0.3, 0.4) is 0 Å². The first-order valence-electron chi connectivity index (χ1n) is 12.1. The zero-order valence-corrected chi connectivity index (χ0v) is 20.5. The number of carbonyl (C=O) groups is 2. The lowest BCUT2D eigenvalue weighted by molar-refractivity contribution is 0.0137. The first-order valence-corrected chi connectivity index (χ1v) is 12.1. The third-order valence-electron chi connectivity index (χ3n) is 6.42. The van der Waals surface area contributed by atoms with Gasteiger partial charge in [-0.15, -0.1) is 0 Å². The molecule has 5 rings (SSSR count). The molecule has 1 aliphatic carbocycles. The number of amides is 1. The van der Waals surface area contributed by atoms with Gasteiger partial charge in [-0.25, -0.2) is 9.78 Å². The number of ether oxygens (including phenoxy) is 1. The predicted molar refractivity (Wildman–Crippen MR) is 133 cm³/mol. The van der Waals surface area contributed by atoms with E-state index in [2.05, 4.69) is 20.9 Å². The van der Waals surface area contributed by atoms with Crippen LogP contribution in [0, 0.1) is 0 Å². The van der Waals surface area contributed by atoms with Gasteiger partial charge in [0.05, 0.1) is 17.9 Å². The van der Waals surface area contributed by atoms with E-state index >= 15 is 0 Å². The van der Waals surface area contributed by atoms with Crippen LogP contribution in [0.15, 0.2) is 42.7 Å². The van der Waals surface area contributed by atoms with Crippen LogP contribution < -0.4 is 0 Å². The van der Waals surface area contributed by atoms with Crippen molar-refractivity contribution in [3.8, 4) is 22.5 Å². The molecule has 1 aliphatic heterocycles. The number of fused-ring (bicyclic) bond motifs is 1. The van der Waals surface area contributed by atoms with Crippen LogP contribution in [0.4, 0.5) is 4.79 Å². The Balaban J connectivity index is 1.35. The number of piperazine rings is 1. The number of pyridine rings is 1. The first kappa shape index (κ1) is 23.2. The van der Waals surface area contributed by atoms with Crippen molar-refractivity contribution < 1.29 is 14.3 Å². The quantitative estimate of drug-likeness (QED) is 0.607. The van der Waals surface area contributed by atoms with E-state index in [-0.39, 0.29) is 11.9 Å². The lowest BCUT2D eigenvalue weighted by Crippen LogP contribution is -2.49. The Morgan fingerprint density at radius 3 is 2.49 bits per heavy atom. The Bertz CT molecular complexity index is 1240. The highest BCUT2D eigenvalue weighted by Crippen LogP contribution is 2.33. The van der Waals surface area contributed by atoms with Gasteiger partial charge < -0.3 is 14.6 Å². The topological polar surface area (TPSA) is 91.4 Å². The minimum atomic E-state index is -0.493. The second-order valence-electron chi connectivity index (χ2n) is 10.2. The van der Waals surface area contributed by atoms with Crippen LogP contribution in [0.1, 0.15) is 48.9 Å². The molecule has 0 spiro atoms. The zero-order chi connectivity index (χ0) is 24.6. The molecule has 2 aromatic heterocycles. The van der Waals surface area contributed by atoms with Gasteiger partial charge in [0.1, 0.15) is 11.4 Å². The van der Waals surface area contributed by atoms with Crippen molar-refractivity contribution in [2.75, 3.05) is 26.2 Å². The van der Waals surface area contributed by atoms with Gasteiger partial charge >= 0.3 is 6.09 Å².